The molecule has 1 aliphatic heterocycles. The second kappa shape index (κ2) is 20.0. The van der Waals surface area contributed by atoms with E-state index in [4.69, 9.17) is 16.3 Å². The van der Waals surface area contributed by atoms with Gasteiger partial charge in [0.05, 0.1) is 6.61 Å². The van der Waals surface area contributed by atoms with Gasteiger partial charge in [-0.3, -0.25) is 0 Å². The third-order valence-electron chi connectivity index (χ3n) is 6.73. The van der Waals surface area contributed by atoms with Crippen LogP contribution in [0.5, 0.6) is 0 Å². The third-order valence-corrected chi connectivity index (χ3v) is 7.08. The Hall–Kier alpha value is -0.290. The second-order valence-electron chi connectivity index (χ2n) is 9.73. The number of hydrogen-bond donors (Lipinski definition) is 2. The number of piperidine rings is 1. The summed E-state index contributed by atoms with van der Waals surface area (Å²) in [4.78, 5) is 2.69. The molecular formula is C24H56ClN3O5. The summed E-state index contributed by atoms with van der Waals surface area (Å²) in [5.41, 5.74) is 0.373. The molecule has 2 aliphatic rings. The van der Waals surface area contributed by atoms with Crippen LogP contribution in [-0.2, 0) is 4.74 Å². The van der Waals surface area contributed by atoms with Gasteiger partial charge in [-0.25, -0.2) is 0 Å². The van der Waals surface area contributed by atoms with E-state index in [9.17, 15) is 0 Å². The van der Waals surface area contributed by atoms with Crippen LogP contribution < -0.4 is 10.6 Å². The minimum absolute atomic E-state index is 0. The molecule has 0 aromatic carbocycles. The Bertz CT molecular complexity index is 495. The summed E-state index contributed by atoms with van der Waals surface area (Å²) in [6.07, 6.45) is 7.12. The van der Waals surface area contributed by atoms with Crippen molar-refractivity contribution in [2.75, 3.05) is 46.1 Å². The molecule has 1 heterocycles. The molecule has 8 nitrogen and oxygen atoms in total. The summed E-state index contributed by atoms with van der Waals surface area (Å²) in [7, 11) is 0. The average Bonchev–Trinajstić information content (AvgIpc) is 2.64. The number of nitrogens with zero attached hydrogens (tertiary/aromatic N) is 1. The SMILES string of the molecule is C.CCOCCNCN[C@@H](CN1CCC(C2CC=C(Cl)CC2)C(C)(C)C1)C(C)C.O.O.O.O. The zero-order valence-corrected chi connectivity index (χ0v) is 21.7. The largest absolute Gasteiger partial charge is 0.412 e. The average molecular weight is 502 g/mol. The van der Waals surface area contributed by atoms with Crippen LogP contribution in [-0.4, -0.2) is 78.9 Å². The molecule has 0 aromatic rings. The van der Waals surface area contributed by atoms with Gasteiger partial charge in [0.15, 0.2) is 0 Å². The van der Waals surface area contributed by atoms with Gasteiger partial charge in [-0.05, 0) is 62.3 Å². The summed E-state index contributed by atoms with van der Waals surface area (Å²) in [5, 5.41) is 8.24. The van der Waals surface area contributed by atoms with E-state index in [2.05, 4.69) is 49.3 Å². The molecular weight excluding hydrogens is 446 g/mol. The van der Waals surface area contributed by atoms with Gasteiger partial charge in [0, 0.05) is 44.0 Å². The molecule has 204 valence electrons. The Balaban J connectivity index is -0.000000841. The maximum absolute atomic E-state index is 6.21. The Kier molecular flexibility index (Phi) is 24.1. The van der Waals surface area contributed by atoms with Crippen molar-refractivity contribution in [1.29, 1.82) is 0 Å². The van der Waals surface area contributed by atoms with Gasteiger partial charge in [0.1, 0.15) is 0 Å². The molecule has 1 fully saturated rings. The topological polar surface area (TPSA) is 163 Å². The number of rotatable bonds is 11. The first kappa shape index (κ1) is 39.9. The molecule has 1 aliphatic carbocycles. The van der Waals surface area contributed by atoms with E-state index in [-0.39, 0.29) is 29.3 Å². The van der Waals surface area contributed by atoms with Gasteiger partial charge in [-0.1, -0.05) is 52.8 Å². The van der Waals surface area contributed by atoms with Crippen molar-refractivity contribution in [1.82, 2.24) is 15.5 Å². The monoisotopic (exact) mass is 501 g/mol. The normalized spacial score (nSPS) is 22.9. The Morgan fingerprint density at radius 2 is 1.85 bits per heavy atom. The smallest absolute Gasteiger partial charge is 0.0591 e. The lowest BCUT2D eigenvalue weighted by molar-refractivity contribution is 0.0117. The molecule has 0 aromatic heterocycles. The molecule has 1 saturated heterocycles. The van der Waals surface area contributed by atoms with Gasteiger partial charge in [0.2, 0.25) is 0 Å². The van der Waals surface area contributed by atoms with Crippen LogP contribution in [0, 0.1) is 23.2 Å². The molecule has 9 heteroatoms. The number of ether oxygens (including phenoxy) is 1. The van der Waals surface area contributed by atoms with Gasteiger partial charge in [-0.15, -0.1) is 0 Å². The van der Waals surface area contributed by atoms with Crippen molar-refractivity contribution in [3.05, 3.63) is 11.1 Å². The lowest BCUT2D eigenvalue weighted by atomic mass is 9.65. The number of nitrogens with one attached hydrogen (secondary N) is 2. The lowest BCUT2D eigenvalue weighted by Crippen LogP contribution is -2.53. The number of allylic oxidation sites excluding steroid dienone is 2. The van der Waals surface area contributed by atoms with Crippen molar-refractivity contribution in [3.8, 4) is 0 Å². The predicted octanol–water partition coefficient (Wildman–Crippen LogP) is 1.79. The van der Waals surface area contributed by atoms with Crippen LogP contribution in [0.2, 0.25) is 0 Å². The first-order valence-corrected chi connectivity index (χ1v) is 11.8. The van der Waals surface area contributed by atoms with Gasteiger partial charge >= 0.3 is 0 Å². The maximum Gasteiger partial charge on any atom is 0.0591 e. The summed E-state index contributed by atoms with van der Waals surface area (Å²) in [6, 6.07) is 0.517. The van der Waals surface area contributed by atoms with Gasteiger partial charge in [-0.2, -0.15) is 0 Å². The molecule has 3 atom stereocenters. The van der Waals surface area contributed by atoms with E-state index in [0.29, 0.717) is 17.4 Å². The summed E-state index contributed by atoms with van der Waals surface area (Å²) >= 11 is 6.21. The predicted molar refractivity (Wildman–Crippen MR) is 142 cm³/mol. The first-order valence-electron chi connectivity index (χ1n) is 11.4. The molecule has 10 N–H and O–H groups in total. The fraction of sp³-hybridized carbons (Fsp3) is 0.917. The highest BCUT2D eigenvalue weighted by Gasteiger charge is 2.40. The molecule has 0 saturated carbocycles. The van der Waals surface area contributed by atoms with E-state index >= 15 is 0 Å². The van der Waals surface area contributed by atoms with Gasteiger partial charge < -0.3 is 42.2 Å². The Morgan fingerprint density at radius 1 is 1.18 bits per heavy atom. The molecule has 0 amide bonds. The van der Waals surface area contributed by atoms with Crippen LogP contribution in [0.25, 0.3) is 0 Å². The summed E-state index contributed by atoms with van der Waals surface area (Å²) in [6.45, 7) is 18.6. The van der Waals surface area contributed by atoms with E-state index in [1.165, 1.54) is 32.4 Å². The van der Waals surface area contributed by atoms with Crippen LogP contribution in [0.4, 0.5) is 0 Å². The van der Waals surface area contributed by atoms with Gasteiger partial charge in [0.25, 0.3) is 0 Å². The van der Waals surface area contributed by atoms with E-state index in [1.807, 2.05) is 6.92 Å². The zero-order chi connectivity index (χ0) is 20.6. The van der Waals surface area contributed by atoms with Crippen molar-refractivity contribution in [3.63, 3.8) is 0 Å². The summed E-state index contributed by atoms with van der Waals surface area (Å²) < 4.78 is 5.39. The Morgan fingerprint density at radius 3 is 2.36 bits per heavy atom. The van der Waals surface area contributed by atoms with Crippen molar-refractivity contribution in [2.45, 2.75) is 73.8 Å². The van der Waals surface area contributed by atoms with E-state index < -0.39 is 0 Å². The first-order chi connectivity index (χ1) is 13.3. The molecule has 0 spiro atoms. The van der Waals surface area contributed by atoms with E-state index in [1.54, 1.807) is 0 Å². The van der Waals surface area contributed by atoms with Crippen molar-refractivity contribution < 1.29 is 26.6 Å². The minimum Gasteiger partial charge on any atom is -0.412 e. The molecule has 33 heavy (non-hydrogen) atoms. The van der Waals surface area contributed by atoms with E-state index in [0.717, 1.165) is 56.3 Å². The molecule has 0 bridgehead atoms. The van der Waals surface area contributed by atoms with Crippen LogP contribution in [0.1, 0.15) is 67.7 Å². The number of hydrogen-bond acceptors (Lipinski definition) is 4. The van der Waals surface area contributed by atoms with Crippen molar-refractivity contribution >= 4 is 11.6 Å². The molecule has 2 rings (SSSR count). The quantitative estimate of drug-likeness (QED) is 0.326. The zero-order valence-electron chi connectivity index (χ0n) is 20.9. The Labute approximate surface area is 208 Å². The van der Waals surface area contributed by atoms with Crippen LogP contribution in [0.3, 0.4) is 0 Å². The number of halogens is 1. The molecule has 0 radical (unpaired) electrons. The van der Waals surface area contributed by atoms with Crippen LogP contribution in [0.15, 0.2) is 11.1 Å². The molecule has 2 unspecified atom stereocenters. The minimum atomic E-state index is 0. The highest BCUT2D eigenvalue weighted by molar-refractivity contribution is 6.29. The lowest BCUT2D eigenvalue weighted by Gasteiger charge is -2.49. The van der Waals surface area contributed by atoms with Crippen LogP contribution >= 0.6 is 11.6 Å². The second-order valence-corrected chi connectivity index (χ2v) is 10.2. The fourth-order valence-corrected chi connectivity index (χ4v) is 5.27. The summed E-state index contributed by atoms with van der Waals surface area (Å²) in [5.74, 6) is 2.25. The highest BCUT2D eigenvalue weighted by atomic mass is 35.5. The standard InChI is InChI=1S/C23H44ClN3O.CH4.4H2O/c1-6-28-14-12-25-17-26-22(18(2)3)15-27-13-11-21(23(4,5)16-27)19-7-9-20(24)10-8-19;;;;;/h9,18-19,21-22,25-26H,6-8,10-17H2,1-5H3;1H4;4*1H2/t19?,21?,22-;;;;;/m0...../s1. The maximum atomic E-state index is 6.21. The fourth-order valence-electron chi connectivity index (χ4n) is 5.07. The van der Waals surface area contributed by atoms with Crippen molar-refractivity contribution in [2.24, 2.45) is 23.2 Å². The number of likely N-dealkylation sites (tertiary alicyclic amines) is 1. The third kappa shape index (κ3) is 13.4. The highest BCUT2D eigenvalue weighted by Crippen LogP contribution is 2.44.